The molecule has 1 unspecified atom stereocenters. The van der Waals surface area contributed by atoms with Gasteiger partial charge in [-0.3, -0.25) is 0 Å². The molecule has 4 rings (SSSR count). The van der Waals surface area contributed by atoms with Crippen LogP contribution in [0.1, 0.15) is 50.2 Å². The van der Waals surface area contributed by atoms with Crippen molar-refractivity contribution in [2.24, 2.45) is 0 Å². The van der Waals surface area contributed by atoms with E-state index in [2.05, 4.69) is 56.3 Å². The molecule has 3 nitrogen and oxygen atoms in total. The third-order valence-corrected chi connectivity index (χ3v) is 7.42. The van der Waals surface area contributed by atoms with Crippen molar-refractivity contribution in [3.05, 3.63) is 102 Å². The first-order valence-corrected chi connectivity index (χ1v) is 13.6. The fourth-order valence-corrected chi connectivity index (χ4v) is 5.03. The molecule has 3 aromatic carbocycles. The van der Waals surface area contributed by atoms with Gasteiger partial charge >= 0.3 is 0 Å². The van der Waals surface area contributed by atoms with Crippen LogP contribution in [0.4, 0.5) is 0 Å². The molecule has 4 aromatic rings. The summed E-state index contributed by atoms with van der Waals surface area (Å²) in [6.45, 7) is 5.14. The molecular formula is C32H32N2OS. The van der Waals surface area contributed by atoms with Crippen molar-refractivity contribution in [1.82, 2.24) is 4.98 Å². The molecule has 0 saturated carbocycles. The van der Waals surface area contributed by atoms with Gasteiger partial charge in [0, 0.05) is 11.1 Å². The summed E-state index contributed by atoms with van der Waals surface area (Å²) >= 11 is 1.65. The number of aromatic nitrogens is 1. The highest BCUT2D eigenvalue weighted by atomic mass is 32.2. The number of ether oxygens (including phenoxy) is 1. The van der Waals surface area contributed by atoms with Crippen LogP contribution < -0.4 is 4.74 Å². The van der Waals surface area contributed by atoms with Gasteiger partial charge in [-0.05, 0) is 60.3 Å². The number of unbranched alkanes of at least 4 members (excludes halogenated alkanes) is 1. The van der Waals surface area contributed by atoms with Gasteiger partial charge in [0.15, 0.2) is 0 Å². The van der Waals surface area contributed by atoms with Crippen molar-refractivity contribution in [3.63, 3.8) is 0 Å². The maximum Gasteiger partial charge on any atom is 0.119 e. The molecular weight excluding hydrogens is 460 g/mol. The molecule has 0 aliphatic carbocycles. The van der Waals surface area contributed by atoms with Crippen LogP contribution in [-0.4, -0.2) is 17.3 Å². The Bertz CT molecular complexity index is 1280. The van der Waals surface area contributed by atoms with Gasteiger partial charge in [-0.15, -0.1) is 11.8 Å². The molecule has 0 fully saturated rings. The summed E-state index contributed by atoms with van der Waals surface area (Å²) in [5.74, 6) is 2.38. The molecule has 0 radical (unpaired) electrons. The summed E-state index contributed by atoms with van der Waals surface area (Å²) in [7, 11) is 0. The Labute approximate surface area is 219 Å². The SMILES string of the molecule is CCC(C)c1ccc(OCCCCSc2nc(-c3ccccc3)cc(-c3ccccc3)c2C#N)cc1. The van der Waals surface area contributed by atoms with Crippen LogP contribution in [0.3, 0.4) is 0 Å². The minimum atomic E-state index is 0.575. The number of thioether (sulfide) groups is 1. The number of benzene rings is 3. The van der Waals surface area contributed by atoms with E-state index in [0.29, 0.717) is 18.1 Å². The molecule has 0 aliphatic rings. The second-order valence-corrected chi connectivity index (χ2v) is 9.95. The van der Waals surface area contributed by atoms with Gasteiger partial charge in [-0.25, -0.2) is 4.98 Å². The Balaban J connectivity index is 1.41. The van der Waals surface area contributed by atoms with Crippen LogP contribution in [0.15, 0.2) is 96.0 Å². The number of hydrogen-bond acceptors (Lipinski definition) is 4. The molecule has 1 aromatic heterocycles. The highest BCUT2D eigenvalue weighted by Crippen LogP contribution is 2.34. The van der Waals surface area contributed by atoms with E-state index in [1.165, 1.54) is 5.56 Å². The first kappa shape index (κ1) is 25.5. The zero-order valence-corrected chi connectivity index (χ0v) is 21.8. The van der Waals surface area contributed by atoms with Gasteiger partial charge in [0.25, 0.3) is 0 Å². The van der Waals surface area contributed by atoms with Gasteiger partial charge in [0.1, 0.15) is 16.8 Å². The maximum absolute atomic E-state index is 10.0. The lowest BCUT2D eigenvalue weighted by Gasteiger charge is -2.13. The van der Waals surface area contributed by atoms with Gasteiger partial charge in [0.2, 0.25) is 0 Å². The van der Waals surface area contributed by atoms with Crippen LogP contribution in [0.5, 0.6) is 5.75 Å². The van der Waals surface area contributed by atoms with Gasteiger partial charge in [0.05, 0.1) is 17.9 Å². The lowest BCUT2D eigenvalue weighted by molar-refractivity contribution is 0.309. The lowest BCUT2D eigenvalue weighted by Crippen LogP contribution is -2.00. The van der Waals surface area contributed by atoms with Crippen LogP contribution in [0.2, 0.25) is 0 Å². The number of hydrogen-bond donors (Lipinski definition) is 0. The monoisotopic (exact) mass is 492 g/mol. The Hall–Kier alpha value is -3.55. The number of nitriles is 1. The van der Waals surface area contributed by atoms with Crippen LogP contribution in [-0.2, 0) is 0 Å². The molecule has 1 atom stereocenters. The molecule has 36 heavy (non-hydrogen) atoms. The first-order chi connectivity index (χ1) is 17.7. The Morgan fingerprint density at radius 2 is 1.56 bits per heavy atom. The first-order valence-electron chi connectivity index (χ1n) is 12.6. The highest BCUT2D eigenvalue weighted by molar-refractivity contribution is 7.99. The summed E-state index contributed by atoms with van der Waals surface area (Å²) < 4.78 is 5.95. The van der Waals surface area contributed by atoms with Crippen molar-refractivity contribution >= 4 is 11.8 Å². The molecule has 1 heterocycles. The van der Waals surface area contributed by atoms with Crippen molar-refractivity contribution in [2.75, 3.05) is 12.4 Å². The summed E-state index contributed by atoms with van der Waals surface area (Å²) in [5.41, 5.74) is 5.90. The molecule has 0 amide bonds. The minimum Gasteiger partial charge on any atom is -0.494 e. The maximum atomic E-state index is 10.0. The Morgan fingerprint density at radius 1 is 0.889 bits per heavy atom. The third-order valence-electron chi connectivity index (χ3n) is 6.36. The van der Waals surface area contributed by atoms with Gasteiger partial charge in [-0.2, -0.15) is 5.26 Å². The van der Waals surface area contributed by atoms with Gasteiger partial charge in [-0.1, -0.05) is 86.6 Å². The molecule has 0 spiro atoms. The van der Waals surface area contributed by atoms with Crippen molar-refractivity contribution in [3.8, 4) is 34.2 Å². The Morgan fingerprint density at radius 3 is 2.19 bits per heavy atom. The summed E-state index contributed by atoms with van der Waals surface area (Å²) in [5, 5.41) is 10.8. The third kappa shape index (κ3) is 6.56. The van der Waals surface area contributed by atoms with E-state index in [4.69, 9.17) is 9.72 Å². The number of rotatable bonds is 11. The number of nitrogens with zero attached hydrogens (tertiary/aromatic N) is 2. The van der Waals surface area contributed by atoms with E-state index in [1.807, 2.05) is 54.6 Å². The average molecular weight is 493 g/mol. The number of pyridine rings is 1. The van der Waals surface area contributed by atoms with Crippen molar-refractivity contribution in [2.45, 2.75) is 44.1 Å². The second-order valence-electron chi connectivity index (χ2n) is 8.86. The minimum absolute atomic E-state index is 0.575. The van der Waals surface area contributed by atoms with Gasteiger partial charge < -0.3 is 4.74 Å². The lowest BCUT2D eigenvalue weighted by atomic mass is 9.99. The molecule has 182 valence electrons. The molecule has 0 aliphatic heterocycles. The predicted octanol–water partition coefficient (Wildman–Crippen LogP) is 8.75. The highest BCUT2D eigenvalue weighted by Gasteiger charge is 2.15. The van der Waals surface area contributed by atoms with E-state index in [1.54, 1.807) is 11.8 Å². The van der Waals surface area contributed by atoms with Crippen LogP contribution in [0, 0.1) is 11.3 Å². The summed E-state index contributed by atoms with van der Waals surface area (Å²) in [6.07, 6.45) is 3.08. The fraction of sp³-hybridized carbons (Fsp3) is 0.250. The molecule has 0 saturated heterocycles. The summed E-state index contributed by atoms with van der Waals surface area (Å²) in [6, 6.07) is 33.2. The van der Waals surface area contributed by atoms with E-state index in [-0.39, 0.29) is 0 Å². The van der Waals surface area contributed by atoms with E-state index < -0.39 is 0 Å². The standard InChI is InChI=1S/C32H32N2OS/c1-3-24(2)25-16-18-28(19-17-25)35-20-10-11-21-36-32-30(23-33)29(26-12-6-4-7-13-26)22-31(34-32)27-14-8-5-9-15-27/h4-9,12-19,22,24H,3,10-11,20-21H2,1-2H3. The Kier molecular flexibility index (Phi) is 9.19. The van der Waals surface area contributed by atoms with Crippen molar-refractivity contribution < 1.29 is 4.74 Å². The predicted molar refractivity (Wildman–Crippen MR) is 150 cm³/mol. The second kappa shape index (κ2) is 13.0. The zero-order valence-electron chi connectivity index (χ0n) is 21.0. The van der Waals surface area contributed by atoms with E-state index >= 15 is 0 Å². The smallest absolute Gasteiger partial charge is 0.119 e. The molecule has 0 bridgehead atoms. The summed E-state index contributed by atoms with van der Waals surface area (Å²) in [4.78, 5) is 4.90. The topological polar surface area (TPSA) is 45.9 Å². The average Bonchev–Trinajstić information content (AvgIpc) is 2.95. The van der Waals surface area contributed by atoms with Crippen LogP contribution >= 0.6 is 11.8 Å². The fourth-order valence-electron chi connectivity index (χ4n) is 4.03. The van der Waals surface area contributed by atoms with E-state index in [9.17, 15) is 5.26 Å². The van der Waals surface area contributed by atoms with Crippen molar-refractivity contribution in [1.29, 1.82) is 5.26 Å². The largest absolute Gasteiger partial charge is 0.494 e. The normalized spacial score (nSPS) is 11.6. The molecule has 4 heteroatoms. The van der Waals surface area contributed by atoms with E-state index in [0.717, 1.165) is 58.2 Å². The zero-order chi connectivity index (χ0) is 25.2. The van der Waals surface area contributed by atoms with Crippen LogP contribution in [0.25, 0.3) is 22.4 Å². The molecule has 0 N–H and O–H groups in total. The quantitative estimate of drug-likeness (QED) is 0.155.